The maximum atomic E-state index is 2.49. The topological polar surface area (TPSA) is 13.1 Å². The van der Waals surface area contributed by atoms with Crippen LogP contribution in [0.5, 0.6) is 0 Å². The summed E-state index contributed by atoms with van der Waals surface area (Å²) in [6.07, 6.45) is 0. The van der Waals surface area contributed by atoms with Gasteiger partial charge in [0.25, 0.3) is 0 Å². The molecule has 57 heavy (non-hydrogen) atoms. The summed E-state index contributed by atoms with van der Waals surface area (Å²) >= 11 is 0. The highest BCUT2D eigenvalue weighted by Gasteiger charge is 2.24. The summed E-state index contributed by atoms with van der Waals surface area (Å²) in [6.45, 7) is 0. The first-order valence-corrected chi connectivity index (χ1v) is 19.5. The van der Waals surface area contributed by atoms with E-state index >= 15 is 0 Å². The van der Waals surface area contributed by atoms with Gasteiger partial charge in [-0.1, -0.05) is 164 Å². The fraction of sp³-hybridized carbons (Fsp3) is 0. The third-order valence-corrected chi connectivity index (χ3v) is 11.3. The van der Waals surface area contributed by atoms with Gasteiger partial charge in [0.05, 0.1) is 33.4 Å². The highest BCUT2D eigenvalue weighted by atomic mass is 15.2. The van der Waals surface area contributed by atoms with E-state index in [1.165, 1.54) is 54.8 Å². The Morgan fingerprint density at radius 2 is 0.702 bits per heavy atom. The highest BCUT2D eigenvalue weighted by molar-refractivity contribution is 6.18. The number of anilines is 3. The molecule has 0 saturated heterocycles. The van der Waals surface area contributed by atoms with Crippen molar-refractivity contribution in [3.8, 4) is 33.6 Å². The molecule has 2 heterocycles. The average molecular weight is 728 g/mol. The largest absolute Gasteiger partial charge is 0.308 e. The molecule has 0 bridgehead atoms. The molecular formula is C54H37N3. The van der Waals surface area contributed by atoms with Crippen LogP contribution in [-0.2, 0) is 0 Å². The van der Waals surface area contributed by atoms with Gasteiger partial charge < -0.3 is 14.0 Å². The molecule has 2 aromatic heterocycles. The number of para-hydroxylation sites is 5. The van der Waals surface area contributed by atoms with Crippen LogP contribution in [0.2, 0.25) is 0 Å². The van der Waals surface area contributed by atoms with Crippen molar-refractivity contribution in [2.24, 2.45) is 0 Å². The summed E-state index contributed by atoms with van der Waals surface area (Å²) in [5.74, 6) is 0. The minimum Gasteiger partial charge on any atom is -0.308 e. The van der Waals surface area contributed by atoms with Crippen molar-refractivity contribution >= 4 is 60.7 Å². The molecule has 0 amide bonds. The van der Waals surface area contributed by atoms with Crippen molar-refractivity contribution in [2.45, 2.75) is 0 Å². The van der Waals surface area contributed by atoms with Gasteiger partial charge in [0, 0.05) is 38.6 Å². The predicted octanol–water partition coefficient (Wildman–Crippen LogP) is 14.7. The maximum absolute atomic E-state index is 2.49. The van der Waals surface area contributed by atoms with Crippen LogP contribution in [0.3, 0.4) is 0 Å². The normalized spacial score (nSPS) is 11.5. The molecule has 0 N–H and O–H groups in total. The molecule has 0 saturated carbocycles. The lowest BCUT2D eigenvalue weighted by atomic mass is 10.0. The summed E-state index contributed by atoms with van der Waals surface area (Å²) in [7, 11) is 0. The first kappa shape index (κ1) is 32.8. The Morgan fingerprint density at radius 1 is 0.281 bits per heavy atom. The molecule has 3 nitrogen and oxygen atoms in total. The highest BCUT2D eigenvalue weighted by Crippen LogP contribution is 2.46. The van der Waals surface area contributed by atoms with E-state index in [0.717, 1.165) is 39.5 Å². The van der Waals surface area contributed by atoms with Crippen LogP contribution >= 0.6 is 0 Å². The number of benzene rings is 9. The number of fused-ring (bicyclic) bond motifs is 6. The fourth-order valence-corrected chi connectivity index (χ4v) is 8.75. The smallest absolute Gasteiger partial charge is 0.0783 e. The van der Waals surface area contributed by atoms with Crippen LogP contribution in [0.15, 0.2) is 224 Å². The molecule has 0 aliphatic carbocycles. The number of hydrogen-bond acceptors (Lipinski definition) is 1. The van der Waals surface area contributed by atoms with E-state index in [0.29, 0.717) is 0 Å². The van der Waals surface area contributed by atoms with Gasteiger partial charge in [0.2, 0.25) is 0 Å². The van der Waals surface area contributed by atoms with Crippen LogP contribution in [0.1, 0.15) is 0 Å². The standard InChI is InChI=1S/C54H37N3/c1-4-16-38(17-5-1)40-30-34-43(35-31-40)55(44-36-32-41(33-37-44)39-18-6-2-7-19-39)51-28-14-24-47-48-25-15-29-52(54(48)56(53(47)51)42-20-8-3-9-21-42)57-49-26-12-10-22-45(49)46-23-11-13-27-50(46)57/h1-37H. The molecule has 0 radical (unpaired) electrons. The van der Waals surface area contributed by atoms with Gasteiger partial charge in [0.15, 0.2) is 0 Å². The van der Waals surface area contributed by atoms with Gasteiger partial charge in [-0.25, -0.2) is 0 Å². The average Bonchev–Trinajstić information content (AvgIpc) is 3.82. The zero-order valence-electron chi connectivity index (χ0n) is 31.2. The molecule has 0 unspecified atom stereocenters. The van der Waals surface area contributed by atoms with Gasteiger partial charge in [-0.3, -0.25) is 0 Å². The van der Waals surface area contributed by atoms with Crippen LogP contribution in [0.4, 0.5) is 17.1 Å². The summed E-state index contributed by atoms with van der Waals surface area (Å²) in [4.78, 5) is 2.42. The van der Waals surface area contributed by atoms with Crippen molar-refractivity contribution in [1.29, 1.82) is 0 Å². The van der Waals surface area contributed by atoms with E-state index in [2.05, 4.69) is 238 Å². The second kappa shape index (κ2) is 13.6. The minimum absolute atomic E-state index is 1.09. The lowest BCUT2D eigenvalue weighted by Crippen LogP contribution is -2.12. The summed E-state index contributed by atoms with van der Waals surface area (Å²) in [6, 6.07) is 81.1. The molecule has 0 spiro atoms. The van der Waals surface area contributed by atoms with Gasteiger partial charge >= 0.3 is 0 Å². The van der Waals surface area contributed by atoms with E-state index in [9.17, 15) is 0 Å². The second-order valence-corrected chi connectivity index (χ2v) is 14.5. The minimum atomic E-state index is 1.09. The third-order valence-electron chi connectivity index (χ3n) is 11.3. The second-order valence-electron chi connectivity index (χ2n) is 14.5. The Kier molecular flexibility index (Phi) is 7.82. The summed E-state index contributed by atoms with van der Waals surface area (Å²) < 4.78 is 4.94. The first-order valence-electron chi connectivity index (χ1n) is 19.5. The van der Waals surface area contributed by atoms with Gasteiger partial charge in [-0.2, -0.15) is 0 Å². The van der Waals surface area contributed by atoms with Crippen molar-refractivity contribution in [2.75, 3.05) is 4.90 Å². The van der Waals surface area contributed by atoms with Crippen molar-refractivity contribution in [3.05, 3.63) is 224 Å². The number of hydrogen-bond donors (Lipinski definition) is 0. The number of aromatic nitrogens is 2. The number of rotatable bonds is 7. The summed E-state index contributed by atoms with van der Waals surface area (Å²) in [5, 5.41) is 4.89. The molecule has 0 atom stereocenters. The molecule has 9 aromatic carbocycles. The zero-order valence-corrected chi connectivity index (χ0v) is 31.2. The number of nitrogens with zero attached hydrogens (tertiary/aromatic N) is 3. The molecule has 11 aromatic rings. The van der Waals surface area contributed by atoms with Gasteiger partial charge in [0.1, 0.15) is 0 Å². The van der Waals surface area contributed by atoms with Crippen molar-refractivity contribution < 1.29 is 0 Å². The van der Waals surface area contributed by atoms with E-state index in [1.807, 2.05) is 0 Å². The molecule has 11 rings (SSSR count). The first-order chi connectivity index (χ1) is 28.3. The van der Waals surface area contributed by atoms with E-state index in [-0.39, 0.29) is 0 Å². The van der Waals surface area contributed by atoms with Gasteiger partial charge in [-0.05, 0) is 82.9 Å². The molecule has 268 valence electrons. The Balaban J connectivity index is 1.21. The molecule has 0 aliphatic heterocycles. The fourth-order valence-electron chi connectivity index (χ4n) is 8.75. The predicted molar refractivity (Wildman–Crippen MR) is 241 cm³/mol. The Morgan fingerprint density at radius 3 is 1.25 bits per heavy atom. The zero-order chi connectivity index (χ0) is 37.7. The van der Waals surface area contributed by atoms with Crippen LogP contribution in [0, 0.1) is 0 Å². The molecule has 0 aliphatic rings. The molecule has 3 heteroatoms. The van der Waals surface area contributed by atoms with Crippen molar-refractivity contribution in [3.63, 3.8) is 0 Å². The molecule has 0 fully saturated rings. The van der Waals surface area contributed by atoms with Crippen LogP contribution < -0.4 is 4.90 Å². The third kappa shape index (κ3) is 5.43. The van der Waals surface area contributed by atoms with Gasteiger partial charge in [-0.15, -0.1) is 0 Å². The Labute approximate surface area is 331 Å². The van der Waals surface area contributed by atoms with E-state index < -0.39 is 0 Å². The SMILES string of the molecule is c1ccc(-c2ccc(N(c3ccc(-c4ccccc4)cc3)c3cccc4c5cccc(-n6c7ccccc7c7ccccc76)c5n(-c5ccccc5)c34)cc2)cc1. The molecular weight excluding hydrogens is 691 g/mol. The van der Waals surface area contributed by atoms with Crippen LogP contribution in [0.25, 0.3) is 77.2 Å². The van der Waals surface area contributed by atoms with Crippen molar-refractivity contribution in [1.82, 2.24) is 9.13 Å². The lowest BCUT2D eigenvalue weighted by molar-refractivity contribution is 1.13. The summed E-state index contributed by atoms with van der Waals surface area (Å²) in [5.41, 5.74) is 15.0. The Hall–Kier alpha value is -7.62. The van der Waals surface area contributed by atoms with E-state index in [1.54, 1.807) is 0 Å². The van der Waals surface area contributed by atoms with E-state index in [4.69, 9.17) is 0 Å². The monoisotopic (exact) mass is 727 g/mol. The maximum Gasteiger partial charge on any atom is 0.0783 e. The Bertz CT molecular complexity index is 3060. The quantitative estimate of drug-likeness (QED) is 0.159. The lowest BCUT2D eigenvalue weighted by Gasteiger charge is -2.27. The van der Waals surface area contributed by atoms with Crippen LogP contribution in [-0.4, -0.2) is 9.13 Å².